The molecule has 126 valence electrons. The SMILES string of the molecule is CC(O)(CC(=O)NNc1ccc([N+](=O)[O-])cc1Cl)c1ccccc1. The summed E-state index contributed by atoms with van der Waals surface area (Å²) in [6.45, 7) is 1.54. The average molecular weight is 350 g/mol. The van der Waals surface area contributed by atoms with E-state index in [1.807, 2.05) is 6.07 Å². The Morgan fingerprint density at radius 2 is 1.96 bits per heavy atom. The monoisotopic (exact) mass is 349 g/mol. The number of hydrazine groups is 1. The molecule has 0 fully saturated rings. The molecule has 1 amide bonds. The van der Waals surface area contributed by atoms with Gasteiger partial charge >= 0.3 is 0 Å². The van der Waals surface area contributed by atoms with Crippen LogP contribution in [-0.2, 0) is 10.4 Å². The second kappa shape index (κ2) is 7.29. The molecular formula is C16H16ClN3O4. The lowest BCUT2D eigenvalue weighted by Gasteiger charge is -2.23. The minimum atomic E-state index is -1.33. The van der Waals surface area contributed by atoms with Crippen LogP contribution in [0.25, 0.3) is 0 Å². The lowest BCUT2D eigenvalue weighted by molar-refractivity contribution is -0.384. The summed E-state index contributed by atoms with van der Waals surface area (Å²) in [5.74, 6) is -0.460. The number of non-ortho nitro benzene ring substituents is 1. The van der Waals surface area contributed by atoms with Gasteiger partial charge in [-0.1, -0.05) is 41.9 Å². The van der Waals surface area contributed by atoms with Crippen molar-refractivity contribution in [3.8, 4) is 0 Å². The van der Waals surface area contributed by atoms with Crippen LogP contribution < -0.4 is 10.9 Å². The van der Waals surface area contributed by atoms with Crippen molar-refractivity contribution in [2.24, 2.45) is 0 Å². The quantitative estimate of drug-likeness (QED) is 0.549. The van der Waals surface area contributed by atoms with E-state index in [1.54, 1.807) is 31.2 Å². The Kier molecular flexibility index (Phi) is 5.38. The molecule has 0 aliphatic heterocycles. The number of hydrogen-bond donors (Lipinski definition) is 3. The minimum Gasteiger partial charge on any atom is -0.385 e. The number of aliphatic hydroxyl groups is 1. The van der Waals surface area contributed by atoms with Gasteiger partial charge in [0.1, 0.15) is 0 Å². The number of carbonyl (C=O) groups excluding carboxylic acids is 1. The van der Waals surface area contributed by atoms with E-state index in [0.717, 1.165) is 0 Å². The first kappa shape index (κ1) is 17.7. The molecule has 1 atom stereocenters. The van der Waals surface area contributed by atoms with Gasteiger partial charge in [-0.25, -0.2) is 0 Å². The van der Waals surface area contributed by atoms with E-state index in [9.17, 15) is 20.0 Å². The number of nitrogens with zero attached hydrogens (tertiary/aromatic N) is 1. The molecule has 0 aliphatic rings. The summed E-state index contributed by atoms with van der Waals surface area (Å²) in [4.78, 5) is 22.1. The summed E-state index contributed by atoms with van der Waals surface area (Å²) in [5.41, 5.74) is 4.46. The van der Waals surface area contributed by atoms with Crippen molar-refractivity contribution >= 4 is 28.9 Å². The fourth-order valence-corrected chi connectivity index (χ4v) is 2.33. The Bertz CT molecular complexity index is 750. The number of nitrogens with one attached hydrogen (secondary N) is 2. The molecule has 3 N–H and O–H groups in total. The van der Waals surface area contributed by atoms with Gasteiger partial charge in [-0.15, -0.1) is 0 Å². The Morgan fingerprint density at radius 3 is 2.54 bits per heavy atom. The summed E-state index contributed by atoms with van der Waals surface area (Å²) in [5, 5.41) is 21.2. The van der Waals surface area contributed by atoms with Crippen molar-refractivity contribution in [2.75, 3.05) is 5.43 Å². The molecule has 2 rings (SSSR count). The normalized spacial score (nSPS) is 13.0. The molecule has 0 aromatic heterocycles. The van der Waals surface area contributed by atoms with Crippen molar-refractivity contribution in [1.82, 2.24) is 5.43 Å². The van der Waals surface area contributed by atoms with Crippen molar-refractivity contribution in [2.45, 2.75) is 18.9 Å². The third-order valence-corrected chi connectivity index (χ3v) is 3.71. The van der Waals surface area contributed by atoms with Crippen LogP contribution in [0.4, 0.5) is 11.4 Å². The molecule has 0 bridgehead atoms. The summed E-state index contributed by atoms with van der Waals surface area (Å²) < 4.78 is 0. The van der Waals surface area contributed by atoms with Crippen LogP contribution in [0.3, 0.4) is 0 Å². The molecule has 0 aliphatic carbocycles. The lowest BCUT2D eigenvalue weighted by Crippen LogP contribution is -2.35. The first-order chi connectivity index (χ1) is 11.3. The Hall–Kier alpha value is -2.64. The van der Waals surface area contributed by atoms with E-state index in [1.165, 1.54) is 18.2 Å². The maximum Gasteiger partial charge on any atom is 0.271 e. The number of amides is 1. The summed E-state index contributed by atoms with van der Waals surface area (Å²) in [7, 11) is 0. The van der Waals surface area contributed by atoms with Crippen LogP contribution >= 0.6 is 11.6 Å². The number of carbonyl (C=O) groups is 1. The molecule has 0 heterocycles. The van der Waals surface area contributed by atoms with Gasteiger partial charge < -0.3 is 5.11 Å². The zero-order valence-electron chi connectivity index (χ0n) is 12.8. The fraction of sp³-hybridized carbons (Fsp3) is 0.188. The third-order valence-electron chi connectivity index (χ3n) is 3.40. The number of nitro groups is 1. The lowest BCUT2D eigenvalue weighted by atomic mass is 9.92. The molecule has 24 heavy (non-hydrogen) atoms. The van der Waals surface area contributed by atoms with Gasteiger partial charge in [0, 0.05) is 12.1 Å². The van der Waals surface area contributed by atoms with Gasteiger partial charge in [0.25, 0.3) is 5.69 Å². The predicted molar refractivity (Wildman–Crippen MR) is 90.5 cm³/mol. The maximum absolute atomic E-state index is 12.0. The van der Waals surface area contributed by atoms with Crippen molar-refractivity contribution in [3.05, 3.63) is 69.2 Å². The summed E-state index contributed by atoms with van der Waals surface area (Å²) >= 11 is 5.92. The minimum absolute atomic E-state index is 0.0966. The molecule has 0 spiro atoms. The molecule has 2 aromatic carbocycles. The van der Waals surface area contributed by atoms with Crippen LogP contribution in [0.15, 0.2) is 48.5 Å². The smallest absolute Gasteiger partial charge is 0.271 e. The maximum atomic E-state index is 12.0. The predicted octanol–water partition coefficient (Wildman–Crippen LogP) is 2.99. The van der Waals surface area contributed by atoms with Gasteiger partial charge in [-0.05, 0) is 18.6 Å². The number of anilines is 1. The summed E-state index contributed by atoms with van der Waals surface area (Å²) in [6.07, 6.45) is -0.172. The first-order valence-corrected chi connectivity index (χ1v) is 7.44. The molecule has 8 heteroatoms. The highest BCUT2D eigenvalue weighted by Gasteiger charge is 2.26. The standard InChI is InChI=1S/C16H16ClN3O4/c1-16(22,11-5-3-2-4-6-11)10-15(21)19-18-14-8-7-12(20(23)24)9-13(14)17/h2-9,18,22H,10H2,1H3,(H,19,21). The van der Waals surface area contributed by atoms with Gasteiger partial charge in [0.2, 0.25) is 5.91 Å². The summed E-state index contributed by atoms with van der Waals surface area (Å²) in [6, 6.07) is 12.7. The molecule has 0 radical (unpaired) electrons. The molecule has 0 saturated carbocycles. The van der Waals surface area contributed by atoms with Crippen LogP contribution in [0.5, 0.6) is 0 Å². The van der Waals surface area contributed by atoms with Crippen molar-refractivity contribution < 1.29 is 14.8 Å². The largest absolute Gasteiger partial charge is 0.385 e. The van der Waals surface area contributed by atoms with Gasteiger partial charge in [-0.2, -0.15) is 0 Å². The van der Waals surface area contributed by atoms with Gasteiger partial charge in [0.15, 0.2) is 0 Å². The van der Waals surface area contributed by atoms with Crippen LogP contribution in [0.1, 0.15) is 18.9 Å². The second-order valence-electron chi connectivity index (χ2n) is 5.41. The second-order valence-corrected chi connectivity index (χ2v) is 5.82. The zero-order valence-corrected chi connectivity index (χ0v) is 13.6. The number of hydrogen-bond acceptors (Lipinski definition) is 5. The Morgan fingerprint density at radius 1 is 1.29 bits per heavy atom. The highest BCUT2D eigenvalue weighted by atomic mass is 35.5. The van der Waals surface area contributed by atoms with Crippen LogP contribution in [0, 0.1) is 10.1 Å². The first-order valence-electron chi connectivity index (χ1n) is 7.06. The van der Waals surface area contributed by atoms with Crippen molar-refractivity contribution in [3.63, 3.8) is 0 Å². The van der Waals surface area contributed by atoms with E-state index in [2.05, 4.69) is 10.9 Å². The third kappa shape index (κ3) is 4.43. The number of rotatable bonds is 6. The van der Waals surface area contributed by atoms with E-state index in [-0.39, 0.29) is 17.1 Å². The Balaban J connectivity index is 1.97. The molecule has 1 unspecified atom stereocenters. The van der Waals surface area contributed by atoms with E-state index < -0.39 is 16.4 Å². The highest BCUT2D eigenvalue weighted by molar-refractivity contribution is 6.33. The van der Waals surface area contributed by atoms with Crippen LogP contribution in [-0.4, -0.2) is 15.9 Å². The van der Waals surface area contributed by atoms with E-state index in [0.29, 0.717) is 11.3 Å². The molecule has 7 nitrogen and oxygen atoms in total. The van der Waals surface area contributed by atoms with E-state index >= 15 is 0 Å². The zero-order chi connectivity index (χ0) is 17.7. The van der Waals surface area contributed by atoms with Crippen LogP contribution in [0.2, 0.25) is 5.02 Å². The van der Waals surface area contributed by atoms with Gasteiger partial charge in [0.05, 0.1) is 27.7 Å². The van der Waals surface area contributed by atoms with E-state index in [4.69, 9.17) is 11.6 Å². The average Bonchev–Trinajstić information content (AvgIpc) is 2.54. The van der Waals surface area contributed by atoms with Gasteiger partial charge in [-0.3, -0.25) is 25.8 Å². The number of halogens is 1. The number of nitro benzene ring substituents is 1. The molecule has 0 saturated heterocycles. The fourth-order valence-electron chi connectivity index (χ4n) is 2.11. The highest BCUT2D eigenvalue weighted by Crippen LogP contribution is 2.27. The Labute approximate surface area is 143 Å². The molecular weight excluding hydrogens is 334 g/mol. The topological polar surface area (TPSA) is 104 Å². The molecule has 2 aromatic rings. The number of benzene rings is 2. The van der Waals surface area contributed by atoms with Crippen molar-refractivity contribution in [1.29, 1.82) is 0 Å².